The third-order valence-electron chi connectivity index (χ3n) is 5.07. The van der Waals surface area contributed by atoms with Gasteiger partial charge in [0.05, 0.1) is 6.54 Å². The first-order valence-electron chi connectivity index (χ1n) is 8.68. The molecular weight excluding hydrogens is 351 g/mol. The summed E-state index contributed by atoms with van der Waals surface area (Å²) in [6.07, 6.45) is 0. The highest BCUT2D eigenvalue weighted by molar-refractivity contribution is 6.20. The van der Waals surface area contributed by atoms with Crippen molar-refractivity contribution in [2.24, 2.45) is 0 Å². The lowest BCUT2D eigenvalue weighted by molar-refractivity contribution is -0.830. The summed E-state index contributed by atoms with van der Waals surface area (Å²) in [5.74, 6) is 0. The molecular formula is C21H28Cl2N2. The predicted molar refractivity (Wildman–Crippen MR) is 104 cm³/mol. The zero-order valence-electron chi connectivity index (χ0n) is 16.0. The average Bonchev–Trinajstić information content (AvgIpc) is 2.78. The Balaban J connectivity index is 0.00000225. The highest BCUT2D eigenvalue weighted by atomic mass is 35.5. The van der Waals surface area contributed by atoms with Crippen LogP contribution in [0.25, 0.3) is 0 Å². The molecule has 3 rings (SSSR count). The van der Waals surface area contributed by atoms with Gasteiger partial charge in [-0.25, -0.2) is 0 Å². The van der Waals surface area contributed by atoms with Gasteiger partial charge >= 0.3 is 0 Å². The summed E-state index contributed by atoms with van der Waals surface area (Å²) < 4.78 is 0. The summed E-state index contributed by atoms with van der Waals surface area (Å²) in [6.45, 7) is 14.9. The number of nitrogens with zero attached hydrogens (tertiary/aromatic N) is 1. The second-order valence-electron chi connectivity index (χ2n) is 7.39. The van der Waals surface area contributed by atoms with Crippen LogP contribution < -0.4 is 22.2 Å². The van der Waals surface area contributed by atoms with Crippen molar-refractivity contribution in [2.75, 3.05) is 18.1 Å². The van der Waals surface area contributed by atoms with E-state index in [1.54, 1.807) is 0 Å². The molecule has 0 bridgehead atoms. The van der Waals surface area contributed by atoms with Crippen molar-refractivity contribution >= 4 is 23.0 Å². The predicted octanol–water partition coefficient (Wildman–Crippen LogP) is 1.10. The van der Waals surface area contributed by atoms with E-state index in [1.165, 1.54) is 49.7 Å². The number of alkyl halides is 1. The first-order valence-corrected chi connectivity index (χ1v) is 9.12. The van der Waals surface area contributed by atoms with Gasteiger partial charge in [0.2, 0.25) is 0 Å². The third kappa shape index (κ3) is 3.81. The van der Waals surface area contributed by atoms with Crippen LogP contribution in [0.1, 0.15) is 33.4 Å². The van der Waals surface area contributed by atoms with E-state index >= 15 is 0 Å². The molecule has 1 aliphatic heterocycles. The minimum Gasteiger partial charge on any atom is -1.00 e. The normalized spacial score (nSPS) is 19.9. The number of anilines is 1. The van der Waals surface area contributed by atoms with Crippen molar-refractivity contribution in [3.63, 3.8) is 0 Å². The van der Waals surface area contributed by atoms with Gasteiger partial charge < -0.3 is 17.3 Å². The van der Waals surface area contributed by atoms with Gasteiger partial charge in [0.25, 0.3) is 0 Å². The minimum atomic E-state index is 0. The maximum Gasteiger partial charge on any atom is 0.187 e. The van der Waals surface area contributed by atoms with E-state index in [4.69, 9.17) is 11.6 Å². The maximum atomic E-state index is 6.80. The van der Waals surface area contributed by atoms with Crippen LogP contribution in [0.4, 0.5) is 11.4 Å². The molecule has 1 fully saturated rings. The zero-order valence-corrected chi connectivity index (χ0v) is 17.5. The summed E-state index contributed by atoms with van der Waals surface area (Å²) in [6, 6.07) is 9.08. The van der Waals surface area contributed by atoms with E-state index < -0.39 is 0 Å². The molecule has 2 nitrogen and oxygen atoms in total. The highest BCUT2D eigenvalue weighted by Gasteiger charge is 2.37. The van der Waals surface area contributed by atoms with Gasteiger partial charge in [0, 0.05) is 16.8 Å². The smallest absolute Gasteiger partial charge is 0.187 e. The molecule has 1 heterocycles. The molecule has 0 spiro atoms. The van der Waals surface area contributed by atoms with Crippen molar-refractivity contribution in [3.05, 3.63) is 57.6 Å². The summed E-state index contributed by atoms with van der Waals surface area (Å²) >= 11 is 6.80. The van der Waals surface area contributed by atoms with Crippen LogP contribution in [-0.4, -0.2) is 18.7 Å². The van der Waals surface area contributed by atoms with E-state index in [0.29, 0.717) is 0 Å². The summed E-state index contributed by atoms with van der Waals surface area (Å²) in [5, 5.41) is 0. The van der Waals surface area contributed by atoms with Crippen LogP contribution in [0.15, 0.2) is 24.3 Å². The SMILES string of the molecule is Cc1cc(C)c(N2CC(Cl)[NH+](c3c(C)cc(C)cc3C)C2)c(C)c1.[Cl-]. The van der Waals surface area contributed by atoms with Gasteiger partial charge in [-0.3, -0.25) is 4.90 Å². The van der Waals surface area contributed by atoms with Crippen LogP contribution >= 0.6 is 11.6 Å². The largest absolute Gasteiger partial charge is 1.00 e. The molecule has 2 unspecified atom stereocenters. The van der Waals surface area contributed by atoms with E-state index in [1.807, 2.05) is 0 Å². The van der Waals surface area contributed by atoms with Crippen LogP contribution in [0.2, 0.25) is 0 Å². The second kappa shape index (κ2) is 7.57. The minimum absolute atomic E-state index is 0. The summed E-state index contributed by atoms with van der Waals surface area (Å²) in [7, 11) is 0. The summed E-state index contributed by atoms with van der Waals surface area (Å²) in [4.78, 5) is 3.82. The topological polar surface area (TPSA) is 7.68 Å². The van der Waals surface area contributed by atoms with Crippen LogP contribution in [0, 0.1) is 41.5 Å². The molecule has 0 amide bonds. The van der Waals surface area contributed by atoms with Crippen molar-refractivity contribution in [1.82, 2.24) is 0 Å². The lowest BCUT2D eigenvalue weighted by atomic mass is 10.0. The van der Waals surface area contributed by atoms with E-state index in [2.05, 4.69) is 70.7 Å². The Hall–Kier alpha value is -1.22. The van der Waals surface area contributed by atoms with Crippen molar-refractivity contribution < 1.29 is 17.3 Å². The lowest BCUT2D eigenvalue weighted by Crippen LogP contribution is -3.09. The van der Waals surface area contributed by atoms with E-state index in [0.717, 1.165) is 13.2 Å². The molecule has 0 aromatic heterocycles. The number of hydrogen-bond donors (Lipinski definition) is 1. The first-order chi connectivity index (χ1) is 11.3. The number of hydrogen-bond acceptors (Lipinski definition) is 1. The second-order valence-corrected chi connectivity index (χ2v) is 7.92. The van der Waals surface area contributed by atoms with Crippen LogP contribution in [0.3, 0.4) is 0 Å². The standard InChI is InChI=1S/C21H27ClN2.ClH/c1-13-7-15(3)20(16(4)8-13)23-11-19(22)24(12-23)21-17(5)9-14(2)10-18(21)6;/h7-10,19H,11-12H2,1-6H3;1H. The molecule has 2 atom stereocenters. The number of halogens is 2. The van der Waals surface area contributed by atoms with Crippen molar-refractivity contribution in [1.29, 1.82) is 0 Å². The number of benzene rings is 2. The number of aryl methyl sites for hydroxylation is 6. The Kier molecular flexibility index (Phi) is 6.09. The third-order valence-corrected chi connectivity index (χ3v) is 5.47. The molecule has 1 aliphatic rings. The average molecular weight is 379 g/mol. The molecule has 2 aromatic carbocycles. The van der Waals surface area contributed by atoms with Gasteiger partial charge in [-0.05, 0) is 52.7 Å². The Labute approximate surface area is 163 Å². The van der Waals surface area contributed by atoms with Gasteiger partial charge in [0.1, 0.15) is 5.69 Å². The Morgan fingerprint density at radius 1 is 0.840 bits per heavy atom. The quantitative estimate of drug-likeness (QED) is 0.607. The van der Waals surface area contributed by atoms with Crippen molar-refractivity contribution in [3.8, 4) is 0 Å². The number of quaternary nitrogens is 1. The van der Waals surface area contributed by atoms with Gasteiger partial charge in [-0.2, -0.15) is 0 Å². The number of nitrogens with one attached hydrogen (secondary N) is 1. The summed E-state index contributed by atoms with van der Waals surface area (Å²) in [5.41, 5.74) is 10.8. The van der Waals surface area contributed by atoms with Crippen molar-refractivity contribution in [2.45, 2.75) is 47.0 Å². The molecule has 1 saturated heterocycles. The maximum absolute atomic E-state index is 6.80. The molecule has 25 heavy (non-hydrogen) atoms. The number of rotatable bonds is 2. The van der Waals surface area contributed by atoms with Gasteiger partial charge in [0.15, 0.2) is 12.2 Å². The van der Waals surface area contributed by atoms with E-state index in [9.17, 15) is 0 Å². The van der Waals surface area contributed by atoms with Crippen LogP contribution in [-0.2, 0) is 0 Å². The molecule has 2 aromatic rings. The lowest BCUT2D eigenvalue weighted by Gasteiger charge is -2.23. The molecule has 0 aliphatic carbocycles. The highest BCUT2D eigenvalue weighted by Crippen LogP contribution is 2.28. The first kappa shape index (κ1) is 20.1. The zero-order chi connectivity index (χ0) is 17.6. The van der Waals surface area contributed by atoms with Gasteiger partial charge in [-0.15, -0.1) is 0 Å². The Morgan fingerprint density at radius 3 is 1.76 bits per heavy atom. The molecule has 0 radical (unpaired) electrons. The molecule has 4 heteroatoms. The monoisotopic (exact) mass is 378 g/mol. The fourth-order valence-corrected chi connectivity index (χ4v) is 4.78. The Bertz CT molecular complexity index is 739. The molecule has 136 valence electrons. The molecule has 1 N–H and O–H groups in total. The molecule has 0 saturated carbocycles. The van der Waals surface area contributed by atoms with E-state index in [-0.39, 0.29) is 17.9 Å². The fourth-order valence-electron chi connectivity index (χ4n) is 4.44. The fraction of sp³-hybridized carbons (Fsp3) is 0.429. The van der Waals surface area contributed by atoms with Crippen LogP contribution in [0.5, 0.6) is 0 Å². The Morgan fingerprint density at radius 2 is 1.28 bits per heavy atom. The van der Waals surface area contributed by atoms with Gasteiger partial charge in [-0.1, -0.05) is 47.0 Å².